The van der Waals surface area contributed by atoms with Gasteiger partial charge in [0.05, 0.1) is 13.7 Å². The molecule has 6 heteroatoms. The third-order valence-corrected chi connectivity index (χ3v) is 4.38. The van der Waals surface area contributed by atoms with Gasteiger partial charge in [-0.05, 0) is 79.2 Å². The van der Waals surface area contributed by atoms with Gasteiger partial charge in [-0.15, -0.1) is 0 Å². The smallest absolute Gasteiger partial charge is 0.255 e. The highest BCUT2D eigenvalue weighted by atomic mass is 16.5. The first kappa shape index (κ1) is 21.6. The number of nitrogens with one attached hydrogen (secondary N) is 2. The summed E-state index contributed by atoms with van der Waals surface area (Å²) >= 11 is 0. The summed E-state index contributed by atoms with van der Waals surface area (Å²) in [7, 11) is 1.59. The highest BCUT2D eigenvalue weighted by Gasteiger charge is 2.07. The van der Waals surface area contributed by atoms with Gasteiger partial charge in [-0.2, -0.15) is 0 Å². The molecule has 0 aliphatic rings. The van der Waals surface area contributed by atoms with Gasteiger partial charge in [-0.1, -0.05) is 12.1 Å². The number of anilines is 2. The van der Waals surface area contributed by atoms with Crippen LogP contribution < -0.4 is 20.1 Å². The van der Waals surface area contributed by atoms with Crippen molar-refractivity contribution in [2.75, 3.05) is 24.4 Å². The standard InChI is InChI=1S/C25H24N2O4/c1-3-31-23-13-4-18(5-14-23)6-17-24(28)26-20-9-7-19(8-10-20)25(29)27-21-11-15-22(30-2)16-12-21/h4-17H,3H2,1-2H3,(H,26,28)(H,27,29)/b17-6+. The van der Waals surface area contributed by atoms with E-state index in [1.54, 1.807) is 61.7 Å². The molecule has 6 nitrogen and oxygen atoms in total. The second kappa shape index (κ2) is 10.6. The normalized spacial score (nSPS) is 10.5. The molecule has 0 aliphatic carbocycles. The summed E-state index contributed by atoms with van der Waals surface area (Å²) in [6.45, 7) is 2.54. The number of amides is 2. The Morgan fingerprint density at radius 2 is 1.39 bits per heavy atom. The van der Waals surface area contributed by atoms with Crippen molar-refractivity contribution >= 4 is 29.3 Å². The molecule has 158 valence electrons. The molecule has 0 heterocycles. The van der Waals surface area contributed by atoms with Crippen LogP contribution in [0.2, 0.25) is 0 Å². The average Bonchev–Trinajstić information content (AvgIpc) is 2.80. The van der Waals surface area contributed by atoms with E-state index in [4.69, 9.17) is 9.47 Å². The predicted molar refractivity (Wildman–Crippen MR) is 123 cm³/mol. The van der Waals surface area contributed by atoms with Crippen molar-refractivity contribution in [2.45, 2.75) is 6.92 Å². The Labute approximate surface area is 181 Å². The third kappa shape index (κ3) is 6.47. The van der Waals surface area contributed by atoms with E-state index in [1.807, 2.05) is 31.2 Å². The molecule has 2 amide bonds. The van der Waals surface area contributed by atoms with Crippen LogP contribution in [0.4, 0.5) is 11.4 Å². The van der Waals surface area contributed by atoms with E-state index >= 15 is 0 Å². The number of hydrogen-bond acceptors (Lipinski definition) is 4. The summed E-state index contributed by atoms with van der Waals surface area (Å²) in [5, 5.41) is 5.59. The number of carbonyl (C=O) groups excluding carboxylic acids is 2. The molecule has 0 saturated carbocycles. The molecule has 3 aromatic rings. The van der Waals surface area contributed by atoms with Crippen LogP contribution in [0.25, 0.3) is 6.08 Å². The molecule has 31 heavy (non-hydrogen) atoms. The molecule has 0 radical (unpaired) electrons. The minimum absolute atomic E-state index is 0.238. The first-order chi connectivity index (χ1) is 15.1. The van der Waals surface area contributed by atoms with E-state index in [1.165, 1.54) is 6.08 Å². The molecule has 3 aromatic carbocycles. The fraction of sp³-hybridized carbons (Fsp3) is 0.120. The fourth-order valence-corrected chi connectivity index (χ4v) is 2.78. The Morgan fingerprint density at radius 3 is 2.00 bits per heavy atom. The Hall–Kier alpha value is -4.06. The molecule has 2 N–H and O–H groups in total. The van der Waals surface area contributed by atoms with Crippen molar-refractivity contribution in [1.82, 2.24) is 0 Å². The van der Waals surface area contributed by atoms with Gasteiger partial charge in [0.2, 0.25) is 5.91 Å². The second-order valence-electron chi connectivity index (χ2n) is 6.58. The van der Waals surface area contributed by atoms with Gasteiger partial charge in [-0.25, -0.2) is 0 Å². The molecule has 0 saturated heterocycles. The van der Waals surface area contributed by atoms with Crippen molar-refractivity contribution in [3.8, 4) is 11.5 Å². The molecule has 0 aromatic heterocycles. The van der Waals surface area contributed by atoms with Crippen LogP contribution >= 0.6 is 0 Å². The minimum Gasteiger partial charge on any atom is -0.497 e. The van der Waals surface area contributed by atoms with E-state index < -0.39 is 0 Å². The molecule has 0 bridgehead atoms. The van der Waals surface area contributed by atoms with Crippen LogP contribution in [0.5, 0.6) is 11.5 Å². The maximum Gasteiger partial charge on any atom is 0.255 e. The van der Waals surface area contributed by atoms with Gasteiger partial charge in [-0.3, -0.25) is 9.59 Å². The molecule has 0 spiro atoms. The largest absolute Gasteiger partial charge is 0.497 e. The van der Waals surface area contributed by atoms with Crippen LogP contribution in [-0.4, -0.2) is 25.5 Å². The first-order valence-corrected chi connectivity index (χ1v) is 9.85. The maximum absolute atomic E-state index is 12.4. The van der Waals surface area contributed by atoms with Gasteiger partial charge >= 0.3 is 0 Å². The number of rotatable bonds is 8. The van der Waals surface area contributed by atoms with E-state index in [0.29, 0.717) is 23.5 Å². The highest BCUT2D eigenvalue weighted by Crippen LogP contribution is 2.17. The maximum atomic E-state index is 12.4. The highest BCUT2D eigenvalue weighted by molar-refractivity contribution is 6.05. The van der Waals surface area contributed by atoms with Crippen LogP contribution in [0, 0.1) is 0 Å². The number of carbonyl (C=O) groups is 2. The monoisotopic (exact) mass is 416 g/mol. The van der Waals surface area contributed by atoms with Crippen molar-refractivity contribution in [2.24, 2.45) is 0 Å². The van der Waals surface area contributed by atoms with E-state index in [-0.39, 0.29) is 11.8 Å². The van der Waals surface area contributed by atoms with Crippen LogP contribution in [0.3, 0.4) is 0 Å². The zero-order chi connectivity index (χ0) is 22.1. The molecule has 0 aliphatic heterocycles. The van der Waals surface area contributed by atoms with Crippen molar-refractivity contribution in [1.29, 1.82) is 0 Å². The van der Waals surface area contributed by atoms with E-state index in [2.05, 4.69) is 10.6 Å². The lowest BCUT2D eigenvalue weighted by Gasteiger charge is -2.07. The summed E-state index contributed by atoms with van der Waals surface area (Å²) in [5.74, 6) is 1.01. The Morgan fingerprint density at radius 1 is 0.806 bits per heavy atom. The summed E-state index contributed by atoms with van der Waals surface area (Å²) < 4.78 is 10.5. The fourth-order valence-electron chi connectivity index (χ4n) is 2.78. The van der Waals surface area contributed by atoms with Gasteiger partial charge in [0.15, 0.2) is 0 Å². The topological polar surface area (TPSA) is 76.7 Å². The minimum atomic E-state index is -0.260. The molecular formula is C25H24N2O4. The summed E-state index contributed by atoms with van der Waals surface area (Å²) in [6, 6.07) is 21.2. The summed E-state index contributed by atoms with van der Waals surface area (Å²) in [4.78, 5) is 24.5. The summed E-state index contributed by atoms with van der Waals surface area (Å²) in [6.07, 6.45) is 3.18. The van der Waals surface area contributed by atoms with E-state index in [9.17, 15) is 9.59 Å². The van der Waals surface area contributed by atoms with Crippen molar-refractivity contribution in [3.05, 3.63) is 90.0 Å². The number of benzene rings is 3. The average molecular weight is 416 g/mol. The number of methoxy groups -OCH3 is 1. The van der Waals surface area contributed by atoms with Crippen LogP contribution in [0.1, 0.15) is 22.8 Å². The zero-order valence-corrected chi connectivity index (χ0v) is 17.4. The quantitative estimate of drug-likeness (QED) is 0.507. The lowest BCUT2D eigenvalue weighted by Crippen LogP contribution is -2.12. The SMILES string of the molecule is CCOc1ccc(/C=C/C(=O)Nc2ccc(C(=O)Nc3ccc(OC)cc3)cc2)cc1. The number of ether oxygens (including phenoxy) is 2. The second-order valence-corrected chi connectivity index (χ2v) is 6.58. The van der Waals surface area contributed by atoms with E-state index in [0.717, 1.165) is 17.1 Å². The zero-order valence-electron chi connectivity index (χ0n) is 17.4. The van der Waals surface area contributed by atoms with Crippen LogP contribution in [0.15, 0.2) is 78.9 Å². The Balaban J connectivity index is 1.54. The Kier molecular flexibility index (Phi) is 7.43. The summed E-state index contributed by atoms with van der Waals surface area (Å²) in [5.41, 5.74) is 2.65. The van der Waals surface area contributed by atoms with Crippen LogP contribution in [-0.2, 0) is 4.79 Å². The third-order valence-electron chi connectivity index (χ3n) is 4.38. The molecule has 0 unspecified atom stereocenters. The van der Waals surface area contributed by atoms with Gasteiger partial charge < -0.3 is 20.1 Å². The molecule has 3 rings (SSSR count). The van der Waals surface area contributed by atoms with Gasteiger partial charge in [0.1, 0.15) is 11.5 Å². The van der Waals surface area contributed by atoms with Crippen molar-refractivity contribution in [3.63, 3.8) is 0 Å². The number of hydrogen-bond donors (Lipinski definition) is 2. The van der Waals surface area contributed by atoms with Gasteiger partial charge in [0, 0.05) is 23.0 Å². The lowest BCUT2D eigenvalue weighted by molar-refractivity contribution is -0.111. The molecule has 0 atom stereocenters. The first-order valence-electron chi connectivity index (χ1n) is 9.85. The van der Waals surface area contributed by atoms with Crippen molar-refractivity contribution < 1.29 is 19.1 Å². The lowest BCUT2D eigenvalue weighted by atomic mass is 10.1. The molecular weight excluding hydrogens is 392 g/mol. The Bertz CT molecular complexity index is 1040. The molecule has 0 fully saturated rings. The predicted octanol–water partition coefficient (Wildman–Crippen LogP) is 5.00. The van der Waals surface area contributed by atoms with Gasteiger partial charge in [0.25, 0.3) is 5.91 Å².